The molecule has 0 radical (unpaired) electrons. The van der Waals surface area contributed by atoms with Crippen LogP contribution in [0, 0.1) is 5.92 Å². The van der Waals surface area contributed by atoms with E-state index in [2.05, 4.69) is 10.3 Å². The normalized spacial score (nSPS) is 13.3. The quantitative estimate of drug-likeness (QED) is 0.840. The highest BCUT2D eigenvalue weighted by Gasteiger charge is 2.18. The largest absolute Gasteiger partial charge is 0.480 e. The van der Waals surface area contributed by atoms with E-state index in [1.54, 1.807) is 11.3 Å². The van der Waals surface area contributed by atoms with Crippen molar-refractivity contribution in [2.24, 2.45) is 5.92 Å². The van der Waals surface area contributed by atoms with E-state index in [9.17, 15) is 4.79 Å². The smallest absolute Gasteiger partial charge is 0.320 e. The Bertz CT molecular complexity index is 504. The van der Waals surface area contributed by atoms with Gasteiger partial charge in [0.2, 0.25) is 0 Å². The Kier molecular flexibility index (Phi) is 3.98. The van der Waals surface area contributed by atoms with Gasteiger partial charge in [-0.15, -0.1) is 11.3 Å². The Morgan fingerprint density at radius 1 is 1.61 bits per heavy atom. The molecule has 0 fully saturated rings. The molecule has 1 atom stereocenters. The number of aliphatic carboxylic acids is 1. The first kappa shape index (κ1) is 13.0. The molecule has 0 bridgehead atoms. The van der Waals surface area contributed by atoms with Crippen molar-refractivity contribution in [3.05, 3.63) is 23.5 Å². The first-order valence-corrected chi connectivity index (χ1v) is 6.81. The molecule has 0 aliphatic carbocycles. The van der Waals surface area contributed by atoms with Gasteiger partial charge >= 0.3 is 5.97 Å². The van der Waals surface area contributed by atoms with Gasteiger partial charge in [0.05, 0.1) is 5.69 Å². The minimum absolute atomic E-state index is 0.351. The molecule has 5 nitrogen and oxygen atoms in total. The molecular weight excluding hydrogens is 250 g/mol. The molecule has 0 aliphatic heterocycles. The fourth-order valence-corrected chi connectivity index (χ4v) is 2.55. The second-order valence-electron chi connectivity index (χ2n) is 4.73. The molecule has 2 rings (SSSR count). The van der Waals surface area contributed by atoms with Crippen molar-refractivity contribution in [3.8, 4) is 0 Å². The number of hydrogen-bond donors (Lipinski definition) is 2. The topological polar surface area (TPSA) is 66.6 Å². The minimum Gasteiger partial charge on any atom is -0.480 e. The van der Waals surface area contributed by atoms with Gasteiger partial charge < -0.3 is 5.11 Å². The molecule has 0 spiro atoms. The van der Waals surface area contributed by atoms with Gasteiger partial charge in [-0.05, 0) is 12.3 Å². The molecule has 2 N–H and O–H groups in total. The molecule has 2 aromatic rings. The fourth-order valence-electron chi connectivity index (χ4n) is 1.83. The lowest BCUT2D eigenvalue weighted by Gasteiger charge is -2.15. The summed E-state index contributed by atoms with van der Waals surface area (Å²) in [4.78, 5) is 16.4. The van der Waals surface area contributed by atoms with E-state index in [0.717, 1.165) is 10.7 Å². The molecule has 2 aromatic heterocycles. The minimum atomic E-state index is -0.801. The molecule has 0 saturated carbocycles. The van der Waals surface area contributed by atoms with Crippen LogP contribution in [0.15, 0.2) is 17.8 Å². The zero-order valence-corrected chi connectivity index (χ0v) is 11.3. The molecule has 2 heterocycles. The summed E-state index contributed by atoms with van der Waals surface area (Å²) < 4.78 is 1.94. The van der Waals surface area contributed by atoms with Gasteiger partial charge in [-0.3, -0.25) is 14.5 Å². The highest BCUT2D eigenvalue weighted by molar-refractivity contribution is 7.15. The van der Waals surface area contributed by atoms with Crippen molar-refractivity contribution in [1.29, 1.82) is 0 Å². The van der Waals surface area contributed by atoms with E-state index >= 15 is 0 Å². The molecule has 6 heteroatoms. The lowest BCUT2D eigenvalue weighted by molar-refractivity contribution is -0.140. The number of nitrogens with one attached hydrogen (secondary N) is 1. The molecule has 0 amide bonds. The van der Waals surface area contributed by atoms with Crippen LogP contribution in [-0.2, 0) is 11.3 Å². The highest BCUT2D eigenvalue weighted by Crippen LogP contribution is 2.12. The number of carboxylic acid groups (broad SMARTS) is 1. The van der Waals surface area contributed by atoms with Crippen molar-refractivity contribution in [1.82, 2.24) is 14.7 Å². The van der Waals surface area contributed by atoms with Gasteiger partial charge in [0.1, 0.15) is 6.04 Å². The third-order valence-electron chi connectivity index (χ3n) is 2.68. The van der Waals surface area contributed by atoms with Crippen LogP contribution in [0.2, 0.25) is 0 Å². The predicted molar refractivity (Wildman–Crippen MR) is 70.8 cm³/mol. The monoisotopic (exact) mass is 267 g/mol. The summed E-state index contributed by atoms with van der Waals surface area (Å²) in [7, 11) is 0. The van der Waals surface area contributed by atoms with Crippen molar-refractivity contribution in [2.75, 3.05) is 0 Å². The van der Waals surface area contributed by atoms with Crippen LogP contribution in [0.5, 0.6) is 0 Å². The molecular formula is C12H17N3O2S. The number of fused-ring (bicyclic) bond motifs is 1. The first-order valence-electron chi connectivity index (χ1n) is 5.93. The van der Waals surface area contributed by atoms with Crippen LogP contribution >= 0.6 is 11.3 Å². The third kappa shape index (κ3) is 3.08. The van der Waals surface area contributed by atoms with Crippen molar-refractivity contribution in [2.45, 2.75) is 32.9 Å². The standard InChI is InChI=1S/C12H17N3O2S/c1-8(2)5-10(11(16)17)13-6-9-7-15-3-4-18-12(15)14-9/h3-4,7-8,10,13H,5-6H2,1-2H3,(H,16,17). The predicted octanol–water partition coefficient (Wildman–Crippen LogP) is 1.98. The summed E-state index contributed by atoms with van der Waals surface area (Å²) in [6.07, 6.45) is 4.49. The molecule has 1 unspecified atom stereocenters. The summed E-state index contributed by atoms with van der Waals surface area (Å²) >= 11 is 1.57. The number of carbonyl (C=O) groups is 1. The maximum Gasteiger partial charge on any atom is 0.320 e. The maximum absolute atomic E-state index is 11.1. The van der Waals surface area contributed by atoms with Crippen molar-refractivity contribution < 1.29 is 9.90 Å². The Morgan fingerprint density at radius 3 is 3.00 bits per heavy atom. The van der Waals surface area contributed by atoms with Gasteiger partial charge in [-0.2, -0.15) is 0 Å². The van der Waals surface area contributed by atoms with Gasteiger partial charge in [0, 0.05) is 24.3 Å². The van der Waals surface area contributed by atoms with Crippen LogP contribution in [-0.4, -0.2) is 26.5 Å². The van der Waals surface area contributed by atoms with Gasteiger partial charge in [-0.25, -0.2) is 4.98 Å². The highest BCUT2D eigenvalue weighted by atomic mass is 32.1. The number of nitrogens with zero attached hydrogens (tertiary/aromatic N) is 2. The second kappa shape index (κ2) is 5.49. The van der Waals surface area contributed by atoms with E-state index in [4.69, 9.17) is 5.11 Å². The Balaban J connectivity index is 1.96. The SMILES string of the molecule is CC(C)CC(NCc1cn2ccsc2n1)C(=O)O. The lowest BCUT2D eigenvalue weighted by atomic mass is 10.0. The summed E-state index contributed by atoms with van der Waals surface area (Å²) in [5.41, 5.74) is 0.872. The average Bonchev–Trinajstić information content (AvgIpc) is 2.83. The summed E-state index contributed by atoms with van der Waals surface area (Å²) in [5.74, 6) is -0.450. The van der Waals surface area contributed by atoms with Crippen LogP contribution in [0.3, 0.4) is 0 Å². The maximum atomic E-state index is 11.1. The number of imidazole rings is 1. The van der Waals surface area contributed by atoms with Gasteiger partial charge in [0.15, 0.2) is 4.96 Å². The lowest BCUT2D eigenvalue weighted by Crippen LogP contribution is -2.37. The van der Waals surface area contributed by atoms with Crippen LogP contribution in [0.4, 0.5) is 0 Å². The molecule has 98 valence electrons. The zero-order valence-electron chi connectivity index (χ0n) is 10.5. The van der Waals surface area contributed by atoms with Gasteiger partial charge in [0.25, 0.3) is 0 Å². The van der Waals surface area contributed by atoms with E-state index in [1.165, 1.54) is 0 Å². The Hall–Kier alpha value is -1.40. The van der Waals surface area contributed by atoms with Crippen LogP contribution in [0.1, 0.15) is 26.0 Å². The third-order valence-corrected chi connectivity index (χ3v) is 3.45. The van der Waals surface area contributed by atoms with Crippen LogP contribution in [0.25, 0.3) is 4.96 Å². The summed E-state index contributed by atoms with van der Waals surface area (Å²) in [5, 5.41) is 14.1. The average molecular weight is 267 g/mol. The number of carboxylic acids is 1. The van der Waals surface area contributed by atoms with Crippen molar-refractivity contribution in [3.63, 3.8) is 0 Å². The molecule has 0 aliphatic rings. The zero-order chi connectivity index (χ0) is 13.1. The van der Waals surface area contributed by atoms with Gasteiger partial charge in [-0.1, -0.05) is 13.8 Å². The first-order chi connectivity index (χ1) is 8.56. The molecule has 18 heavy (non-hydrogen) atoms. The van der Waals surface area contributed by atoms with Crippen molar-refractivity contribution >= 4 is 22.3 Å². The summed E-state index contributed by atoms with van der Waals surface area (Å²) in [6, 6.07) is -0.510. The molecule has 0 aromatic carbocycles. The van der Waals surface area contributed by atoms with E-state index in [0.29, 0.717) is 18.9 Å². The number of rotatable bonds is 6. The number of aromatic nitrogens is 2. The summed E-state index contributed by atoms with van der Waals surface area (Å²) in [6.45, 7) is 4.52. The van der Waals surface area contributed by atoms with Crippen LogP contribution < -0.4 is 5.32 Å². The Labute approximate surface area is 109 Å². The number of thiazole rings is 1. The second-order valence-corrected chi connectivity index (χ2v) is 5.60. The van der Waals surface area contributed by atoms with E-state index in [1.807, 2.05) is 36.0 Å². The molecule has 0 saturated heterocycles. The number of hydrogen-bond acceptors (Lipinski definition) is 4. The van der Waals surface area contributed by atoms with E-state index in [-0.39, 0.29) is 0 Å². The fraction of sp³-hybridized carbons (Fsp3) is 0.500. The van der Waals surface area contributed by atoms with E-state index < -0.39 is 12.0 Å². The Morgan fingerprint density at radius 2 is 2.39 bits per heavy atom.